The first kappa shape index (κ1) is 15.6. The summed E-state index contributed by atoms with van der Waals surface area (Å²) in [6, 6.07) is 13.9. The van der Waals surface area contributed by atoms with Crippen LogP contribution >= 0.6 is 11.3 Å². The second-order valence-corrected chi connectivity index (χ2v) is 6.63. The summed E-state index contributed by atoms with van der Waals surface area (Å²) in [7, 11) is 4.00. The number of rotatable bonds is 5. The molecule has 0 aliphatic carbocycles. The van der Waals surface area contributed by atoms with Gasteiger partial charge < -0.3 is 10.2 Å². The van der Waals surface area contributed by atoms with Crippen molar-refractivity contribution in [2.75, 3.05) is 20.6 Å². The highest BCUT2D eigenvalue weighted by atomic mass is 32.1. The number of fused-ring (bicyclic) bond motifs is 1. The normalized spacial score (nSPS) is 12.5. The first-order valence-corrected chi connectivity index (χ1v) is 8.35. The lowest BCUT2D eigenvalue weighted by molar-refractivity contribution is 0.0929. The SMILES string of the molecule is CN(C)CC(NC(=O)c1cnc2sccc2c1)c1ccccc1. The van der Waals surface area contributed by atoms with Crippen molar-refractivity contribution in [3.8, 4) is 0 Å². The van der Waals surface area contributed by atoms with E-state index in [0.717, 1.165) is 22.3 Å². The molecule has 1 atom stereocenters. The molecule has 118 valence electrons. The third kappa shape index (κ3) is 3.75. The summed E-state index contributed by atoms with van der Waals surface area (Å²) in [6.45, 7) is 0.740. The van der Waals surface area contributed by atoms with E-state index >= 15 is 0 Å². The van der Waals surface area contributed by atoms with E-state index in [1.807, 2.05) is 61.9 Å². The molecule has 1 amide bonds. The van der Waals surface area contributed by atoms with Crippen LogP contribution in [0.5, 0.6) is 0 Å². The average Bonchev–Trinajstić information content (AvgIpc) is 3.02. The molecule has 0 saturated carbocycles. The summed E-state index contributed by atoms with van der Waals surface area (Å²) in [5.74, 6) is -0.0960. The Bertz CT molecular complexity index is 798. The number of hydrogen-bond acceptors (Lipinski definition) is 4. The fraction of sp³-hybridized carbons (Fsp3) is 0.222. The number of pyridine rings is 1. The van der Waals surface area contributed by atoms with Crippen LogP contribution in [0, 0.1) is 0 Å². The van der Waals surface area contributed by atoms with E-state index in [1.54, 1.807) is 17.5 Å². The minimum absolute atomic E-state index is 0.0585. The van der Waals surface area contributed by atoms with Crippen LogP contribution in [0.25, 0.3) is 10.2 Å². The first-order chi connectivity index (χ1) is 11.1. The Morgan fingerprint density at radius 3 is 2.78 bits per heavy atom. The van der Waals surface area contributed by atoms with Gasteiger partial charge in [-0.15, -0.1) is 11.3 Å². The molecular formula is C18H19N3OS. The summed E-state index contributed by atoms with van der Waals surface area (Å²) in [5, 5.41) is 6.11. The van der Waals surface area contributed by atoms with E-state index in [9.17, 15) is 4.79 Å². The van der Waals surface area contributed by atoms with Gasteiger partial charge in [0, 0.05) is 18.1 Å². The molecule has 0 saturated heterocycles. The zero-order chi connectivity index (χ0) is 16.2. The summed E-state index contributed by atoms with van der Waals surface area (Å²) in [6.07, 6.45) is 1.64. The van der Waals surface area contributed by atoms with Gasteiger partial charge in [-0.3, -0.25) is 4.79 Å². The highest BCUT2D eigenvalue weighted by Gasteiger charge is 2.17. The Labute approximate surface area is 139 Å². The average molecular weight is 325 g/mol. The van der Waals surface area contributed by atoms with Crippen molar-refractivity contribution in [1.82, 2.24) is 15.2 Å². The van der Waals surface area contributed by atoms with E-state index in [2.05, 4.69) is 15.2 Å². The lowest BCUT2D eigenvalue weighted by Crippen LogP contribution is -2.35. The van der Waals surface area contributed by atoms with Crippen LogP contribution in [0.2, 0.25) is 0 Å². The van der Waals surface area contributed by atoms with Gasteiger partial charge in [0.05, 0.1) is 11.6 Å². The third-order valence-corrected chi connectivity index (χ3v) is 4.46. The molecule has 3 rings (SSSR count). The molecule has 0 bridgehead atoms. The van der Waals surface area contributed by atoms with Crippen LogP contribution in [0.1, 0.15) is 22.0 Å². The molecule has 1 aromatic carbocycles. The predicted octanol–water partition coefficient (Wildman–Crippen LogP) is 3.33. The number of nitrogens with one attached hydrogen (secondary N) is 1. The monoisotopic (exact) mass is 325 g/mol. The lowest BCUT2D eigenvalue weighted by Gasteiger charge is -2.23. The van der Waals surface area contributed by atoms with Crippen LogP contribution in [-0.2, 0) is 0 Å². The van der Waals surface area contributed by atoms with Gasteiger partial charge in [0.15, 0.2) is 0 Å². The van der Waals surface area contributed by atoms with Crippen molar-refractivity contribution in [3.05, 3.63) is 65.2 Å². The van der Waals surface area contributed by atoms with Gasteiger partial charge in [-0.1, -0.05) is 30.3 Å². The maximum atomic E-state index is 12.6. The highest BCUT2D eigenvalue weighted by molar-refractivity contribution is 7.16. The van der Waals surface area contributed by atoms with Crippen molar-refractivity contribution < 1.29 is 4.79 Å². The number of aromatic nitrogens is 1. The van der Waals surface area contributed by atoms with Crippen molar-refractivity contribution in [1.29, 1.82) is 0 Å². The number of carbonyl (C=O) groups excluding carboxylic acids is 1. The smallest absolute Gasteiger partial charge is 0.253 e. The molecule has 4 nitrogen and oxygen atoms in total. The number of hydrogen-bond donors (Lipinski definition) is 1. The second kappa shape index (κ2) is 6.89. The Hall–Kier alpha value is -2.24. The van der Waals surface area contributed by atoms with Crippen LogP contribution < -0.4 is 5.32 Å². The maximum Gasteiger partial charge on any atom is 0.253 e. The summed E-state index contributed by atoms with van der Waals surface area (Å²) >= 11 is 1.58. The summed E-state index contributed by atoms with van der Waals surface area (Å²) < 4.78 is 0. The van der Waals surface area contributed by atoms with Gasteiger partial charge in [-0.25, -0.2) is 4.98 Å². The molecule has 0 radical (unpaired) electrons. The van der Waals surface area contributed by atoms with Crippen LogP contribution in [0.4, 0.5) is 0 Å². The summed E-state index contributed by atoms with van der Waals surface area (Å²) in [4.78, 5) is 20.0. The van der Waals surface area contributed by atoms with Crippen molar-refractivity contribution >= 4 is 27.5 Å². The van der Waals surface area contributed by atoms with Gasteiger partial charge in [0.25, 0.3) is 5.91 Å². The van der Waals surface area contributed by atoms with E-state index in [0.29, 0.717) is 5.56 Å². The zero-order valence-electron chi connectivity index (χ0n) is 13.2. The topological polar surface area (TPSA) is 45.2 Å². The highest BCUT2D eigenvalue weighted by Crippen LogP contribution is 2.20. The molecule has 23 heavy (non-hydrogen) atoms. The third-order valence-electron chi connectivity index (χ3n) is 3.62. The molecule has 1 N–H and O–H groups in total. The number of likely N-dealkylation sites (N-methyl/N-ethyl adjacent to an activating group) is 1. The Morgan fingerprint density at radius 1 is 1.26 bits per heavy atom. The Balaban J connectivity index is 1.82. The molecule has 0 fully saturated rings. The largest absolute Gasteiger partial charge is 0.344 e. The molecule has 1 unspecified atom stereocenters. The van der Waals surface area contributed by atoms with Crippen molar-refractivity contribution in [2.24, 2.45) is 0 Å². The Kier molecular flexibility index (Phi) is 4.69. The molecule has 0 aliphatic heterocycles. The maximum absolute atomic E-state index is 12.6. The van der Waals surface area contributed by atoms with Crippen LogP contribution in [-0.4, -0.2) is 36.4 Å². The number of benzene rings is 1. The van der Waals surface area contributed by atoms with Gasteiger partial charge in [0.1, 0.15) is 4.83 Å². The van der Waals surface area contributed by atoms with Crippen LogP contribution in [0.15, 0.2) is 54.0 Å². The molecule has 0 spiro atoms. The number of amides is 1. The van der Waals surface area contributed by atoms with E-state index < -0.39 is 0 Å². The van der Waals surface area contributed by atoms with Gasteiger partial charge in [-0.2, -0.15) is 0 Å². The fourth-order valence-electron chi connectivity index (χ4n) is 2.51. The number of carbonyl (C=O) groups is 1. The molecule has 0 aliphatic rings. The predicted molar refractivity (Wildman–Crippen MR) is 94.8 cm³/mol. The van der Waals surface area contributed by atoms with Gasteiger partial charge >= 0.3 is 0 Å². The molecular weight excluding hydrogens is 306 g/mol. The van der Waals surface area contributed by atoms with Gasteiger partial charge in [0.2, 0.25) is 0 Å². The zero-order valence-corrected chi connectivity index (χ0v) is 14.0. The number of nitrogens with zero attached hydrogens (tertiary/aromatic N) is 2. The van der Waals surface area contributed by atoms with E-state index in [1.165, 1.54) is 0 Å². The molecule has 2 heterocycles. The molecule has 3 aromatic rings. The van der Waals surface area contributed by atoms with Crippen molar-refractivity contribution in [3.63, 3.8) is 0 Å². The van der Waals surface area contributed by atoms with E-state index in [-0.39, 0.29) is 11.9 Å². The Morgan fingerprint density at radius 2 is 2.04 bits per heavy atom. The van der Waals surface area contributed by atoms with Crippen molar-refractivity contribution in [2.45, 2.75) is 6.04 Å². The minimum Gasteiger partial charge on any atom is -0.344 e. The minimum atomic E-state index is -0.0960. The number of thiophene rings is 1. The standard InChI is InChI=1S/C18H19N3OS/c1-21(2)12-16(13-6-4-3-5-7-13)20-17(22)15-10-14-8-9-23-18(14)19-11-15/h3-11,16H,12H2,1-2H3,(H,20,22). The summed E-state index contributed by atoms with van der Waals surface area (Å²) in [5.41, 5.74) is 1.69. The lowest BCUT2D eigenvalue weighted by atomic mass is 10.1. The van der Waals surface area contributed by atoms with Crippen LogP contribution in [0.3, 0.4) is 0 Å². The second-order valence-electron chi connectivity index (χ2n) is 5.74. The molecule has 2 aromatic heterocycles. The fourth-order valence-corrected chi connectivity index (χ4v) is 3.23. The van der Waals surface area contributed by atoms with E-state index in [4.69, 9.17) is 0 Å². The van der Waals surface area contributed by atoms with Gasteiger partial charge in [-0.05, 0) is 37.2 Å². The molecule has 5 heteroatoms. The first-order valence-electron chi connectivity index (χ1n) is 7.47. The quantitative estimate of drug-likeness (QED) is 0.782.